The van der Waals surface area contributed by atoms with Crippen molar-refractivity contribution < 1.29 is 27.9 Å². The number of thiol groups is 2. The van der Waals surface area contributed by atoms with Crippen LogP contribution in [-0.4, -0.2) is 49.9 Å². The number of nitrogens with zero attached hydrogens (tertiary/aromatic N) is 2. The fraction of sp³-hybridized carbons (Fsp3) is 0.444. The van der Waals surface area contributed by atoms with Crippen molar-refractivity contribution in [3.63, 3.8) is 0 Å². The summed E-state index contributed by atoms with van der Waals surface area (Å²) in [7, 11) is 7.58. The van der Waals surface area contributed by atoms with E-state index in [9.17, 15) is 9.59 Å². The smallest absolute Gasteiger partial charge is 0.419 e. The minimum Gasteiger partial charge on any atom is -0.460 e. The number of carbonyl (C=O) groups excluding carboxylic acids is 2. The van der Waals surface area contributed by atoms with Crippen LogP contribution >= 0.6 is 25.3 Å². The molecule has 2 heterocycles. The third-order valence-electron chi connectivity index (χ3n) is 3.40. The summed E-state index contributed by atoms with van der Waals surface area (Å²) >= 11 is 8.31. The first-order chi connectivity index (χ1) is 13.2. The maximum absolute atomic E-state index is 12.0. The lowest BCUT2D eigenvalue weighted by Crippen LogP contribution is -2.22. The van der Waals surface area contributed by atoms with Crippen molar-refractivity contribution in [2.45, 2.75) is 24.0 Å². The number of ether oxygens (including phenoxy) is 2. The first-order valence-electron chi connectivity index (χ1n) is 8.40. The van der Waals surface area contributed by atoms with E-state index in [2.05, 4.69) is 25.3 Å². The van der Waals surface area contributed by atoms with Crippen molar-refractivity contribution in [1.29, 1.82) is 0 Å². The second-order valence-corrected chi connectivity index (χ2v) is 7.54. The van der Waals surface area contributed by atoms with Crippen LogP contribution in [-0.2, 0) is 32.2 Å². The molecule has 0 bridgehead atoms. The monoisotopic (exact) mass is 428 g/mol. The van der Waals surface area contributed by atoms with Gasteiger partial charge in [0.2, 0.25) is 10.9 Å². The van der Waals surface area contributed by atoms with E-state index in [0.29, 0.717) is 36.1 Å². The van der Waals surface area contributed by atoms with Crippen LogP contribution in [0.25, 0.3) is 0 Å². The second-order valence-electron chi connectivity index (χ2n) is 6.60. The summed E-state index contributed by atoms with van der Waals surface area (Å²) in [6.45, 7) is 1.16. The highest BCUT2D eigenvalue weighted by Crippen LogP contribution is 2.27. The summed E-state index contributed by atoms with van der Waals surface area (Å²) in [5, 5.41) is 0. The summed E-state index contributed by atoms with van der Waals surface area (Å²) in [5.74, 6) is -0.431. The van der Waals surface area contributed by atoms with Crippen molar-refractivity contribution in [2.75, 3.05) is 28.2 Å². The minimum absolute atomic E-state index is 0.308. The summed E-state index contributed by atoms with van der Waals surface area (Å²) in [5.41, 5.74) is -2.07. The van der Waals surface area contributed by atoms with E-state index in [1.165, 1.54) is 0 Å². The van der Waals surface area contributed by atoms with Crippen LogP contribution in [0.5, 0.6) is 0 Å². The molecule has 154 valence electrons. The van der Waals surface area contributed by atoms with E-state index in [0.717, 1.165) is 0 Å². The molecular weight excluding hydrogens is 404 g/mol. The Kier molecular flexibility index (Phi) is 8.05. The molecule has 8 nitrogen and oxygen atoms in total. The van der Waals surface area contributed by atoms with E-state index in [1.807, 2.05) is 38.0 Å². The molecule has 0 N–H and O–H groups in total. The van der Waals surface area contributed by atoms with Gasteiger partial charge in [0.25, 0.3) is 0 Å². The number of hydrogen-bond acceptors (Lipinski definition) is 10. The van der Waals surface area contributed by atoms with Gasteiger partial charge in [-0.3, -0.25) is 0 Å². The van der Waals surface area contributed by atoms with E-state index < -0.39 is 22.8 Å². The molecular formula is C18H24N2O6S2. The van der Waals surface area contributed by atoms with Crippen molar-refractivity contribution in [3.8, 4) is 0 Å². The largest absolute Gasteiger partial charge is 0.460 e. The summed E-state index contributed by atoms with van der Waals surface area (Å²) in [4.78, 5) is 27.8. The fourth-order valence-corrected chi connectivity index (χ4v) is 2.73. The molecule has 28 heavy (non-hydrogen) atoms. The fourth-order valence-electron chi connectivity index (χ4n) is 2.26. The predicted molar refractivity (Wildman–Crippen MR) is 108 cm³/mol. The van der Waals surface area contributed by atoms with Crippen LogP contribution in [0.2, 0.25) is 0 Å². The van der Waals surface area contributed by atoms with Gasteiger partial charge in [0.05, 0.1) is 13.1 Å². The number of esters is 2. The minimum atomic E-state index is -1.20. The molecule has 0 aliphatic heterocycles. The van der Waals surface area contributed by atoms with Gasteiger partial charge >= 0.3 is 11.9 Å². The number of hydrogen-bond donors (Lipinski definition) is 2. The molecule has 0 aliphatic carbocycles. The molecule has 0 aromatic carbocycles. The molecule has 0 aliphatic rings. The highest BCUT2D eigenvalue weighted by atomic mass is 32.1. The normalized spacial score (nSPS) is 13.6. The maximum Gasteiger partial charge on any atom is 0.419 e. The summed E-state index contributed by atoms with van der Waals surface area (Å²) < 4.78 is 21.0. The van der Waals surface area contributed by atoms with Gasteiger partial charge in [0.1, 0.15) is 11.5 Å². The molecule has 10 heteroatoms. The van der Waals surface area contributed by atoms with Gasteiger partial charge in [-0.15, -0.1) is 25.3 Å². The first kappa shape index (κ1) is 22.4. The lowest BCUT2D eigenvalue weighted by atomic mass is 10.4. The van der Waals surface area contributed by atoms with Crippen molar-refractivity contribution in [1.82, 2.24) is 9.80 Å². The van der Waals surface area contributed by atoms with Crippen molar-refractivity contribution >= 4 is 37.2 Å². The van der Waals surface area contributed by atoms with E-state index in [-0.39, 0.29) is 0 Å². The molecule has 2 unspecified atom stereocenters. The second kappa shape index (κ2) is 10.1. The number of rotatable bonds is 8. The van der Waals surface area contributed by atoms with Crippen LogP contribution in [0.15, 0.2) is 33.1 Å². The van der Waals surface area contributed by atoms with E-state index in [4.69, 9.17) is 18.3 Å². The van der Waals surface area contributed by atoms with Gasteiger partial charge in [0, 0.05) is 0 Å². The van der Waals surface area contributed by atoms with Crippen molar-refractivity contribution in [2.24, 2.45) is 0 Å². The molecule has 2 aromatic heterocycles. The molecule has 2 atom stereocenters. The topological polar surface area (TPSA) is 85.4 Å². The van der Waals surface area contributed by atoms with Crippen LogP contribution in [0, 0.1) is 0 Å². The van der Waals surface area contributed by atoms with Crippen LogP contribution in [0.1, 0.15) is 33.9 Å². The van der Waals surface area contributed by atoms with Gasteiger partial charge in [-0.05, 0) is 52.5 Å². The van der Waals surface area contributed by atoms with Gasteiger partial charge in [-0.1, -0.05) is 0 Å². The Morgan fingerprint density at radius 3 is 1.50 bits per heavy atom. The zero-order chi connectivity index (χ0) is 20.8. The van der Waals surface area contributed by atoms with Crippen LogP contribution in [0.4, 0.5) is 0 Å². The maximum atomic E-state index is 12.0. The van der Waals surface area contributed by atoms with E-state index in [1.54, 1.807) is 24.3 Å². The lowest BCUT2D eigenvalue weighted by molar-refractivity contribution is -0.170. The third kappa shape index (κ3) is 6.62. The van der Waals surface area contributed by atoms with Crippen LogP contribution < -0.4 is 0 Å². The Labute approximate surface area is 174 Å². The third-order valence-corrected chi connectivity index (χ3v) is 4.12. The Hall–Kier alpha value is -1.88. The van der Waals surface area contributed by atoms with Gasteiger partial charge in [-0.25, -0.2) is 9.59 Å². The Balaban J connectivity index is 1.88. The summed E-state index contributed by atoms with van der Waals surface area (Å²) in [6.07, 6.45) is 0. The Morgan fingerprint density at radius 1 is 0.821 bits per heavy atom. The standard InChI is InChI=1S/C18H24N2O6S2/c1-19(2)9-11-5-7-13(23-11)17(27)25-15(21)16(22)26-18(28)14-8-6-12(24-14)10-20(3)4/h5-8,17-18,27-28H,9-10H2,1-4H3. The zero-order valence-corrected chi connectivity index (χ0v) is 17.9. The zero-order valence-electron chi connectivity index (χ0n) is 16.1. The SMILES string of the molecule is CN(C)Cc1ccc(C(S)OC(=O)C(=O)OC(S)c2ccc(CN(C)C)o2)o1. The molecule has 2 rings (SSSR count). The molecule has 0 saturated carbocycles. The highest BCUT2D eigenvalue weighted by Gasteiger charge is 2.27. The quantitative estimate of drug-likeness (QED) is 0.287. The lowest BCUT2D eigenvalue weighted by Gasteiger charge is -2.12. The predicted octanol–water partition coefficient (Wildman–Crippen LogP) is 2.64. The Bertz CT molecular complexity index is 735. The van der Waals surface area contributed by atoms with Gasteiger partial charge in [0.15, 0.2) is 11.5 Å². The average Bonchev–Trinajstić information content (AvgIpc) is 3.23. The highest BCUT2D eigenvalue weighted by molar-refractivity contribution is 7.80. The molecule has 2 aromatic rings. The molecule has 0 amide bonds. The summed E-state index contributed by atoms with van der Waals surface area (Å²) in [6, 6.07) is 6.75. The van der Waals surface area contributed by atoms with Gasteiger partial charge in [-0.2, -0.15) is 0 Å². The number of furan rings is 2. The first-order valence-corrected chi connectivity index (χ1v) is 9.43. The van der Waals surface area contributed by atoms with Crippen LogP contribution in [0.3, 0.4) is 0 Å². The van der Waals surface area contributed by atoms with Gasteiger partial charge < -0.3 is 28.1 Å². The number of carbonyl (C=O) groups is 2. The molecule has 0 saturated heterocycles. The van der Waals surface area contributed by atoms with E-state index >= 15 is 0 Å². The Morgan fingerprint density at radius 2 is 1.18 bits per heavy atom. The average molecular weight is 429 g/mol. The molecule has 0 spiro atoms. The molecule has 0 radical (unpaired) electrons. The molecule has 0 fully saturated rings. The van der Waals surface area contributed by atoms with Crippen molar-refractivity contribution in [3.05, 3.63) is 47.3 Å².